The first-order valence-electron chi connectivity index (χ1n) is 5.43. The van der Waals surface area contributed by atoms with Gasteiger partial charge in [0.25, 0.3) is 5.91 Å². The van der Waals surface area contributed by atoms with E-state index in [-0.39, 0.29) is 18.2 Å². The highest BCUT2D eigenvalue weighted by atomic mass is 16.3. The summed E-state index contributed by atoms with van der Waals surface area (Å²) in [6, 6.07) is 6.54. The average Bonchev–Trinajstić information content (AvgIpc) is 2.60. The number of benzene rings is 1. The lowest BCUT2D eigenvalue weighted by atomic mass is 10.2. The van der Waals surface area contributed by atoms with Gasteiger partial charge in [-0.1, -0.05) is 18.1 Å². The number of phenolic OH excluding ortho intramolecular Hbond substituents is 1. The summed E-state index contributed by atoms with van der Waals surface area (Å²) in [5.74, 6) is 3.01. The Morgan fingerprint density at radius 3 is 2.72 bits per heavy atom. The van der Waals surface area contributed by atoms with Crippen molar-refractivity contribution in [3.8, 4) is 18.1 Å². The number of terminal acetylenes is 1. The summed E-state index contributed by atoms with van der Waals surface area (Å²) in [6.45, 7) is 1.97. The number of nitrogens with zero attached hydrogens (tertiary/aromatic N) is 2. The van der Waals surface area contributed by atoms with Crippen LogP contribution >= 0.6 is 0 Å². The zero-order valence-electron chi connectivity index (χ0n) is 9.92. The van der Waals surface area contributed by atoms with Crippen molar-refractivity contribution in [2.24, 2.45) is 4.99 Å². The van der Waals surface area contributed by atoms with Crippen molar-refractivity contribution < 1.29 is 9.90 Å². The predicted octanol–water partition coefficient (Wildman–Crippen LogP) is 1.63. The largest absolute Gasteiger partial charge is 0.508 e. The highest BCUT2D eigenvalue weighted by molar-refractivity contribution is 6.13. The third kappa shape index (κ3) is 2.25. The number of rotatable bonds is 2. The van der Waals surface area contributed by atoms with Crippen LogP contribution in [0.3, 0.4) is 0 Å². The molecule has 1 aromatic carbocycles. The quantitative estimate of drug-likeness (QED) is 0.631. The number of phenols is 1. The Balaban J connectivity index is 2.28. The minimum Gasteiger partial charge on any atom is -0.508 e. The number of aliphatic imine (C=N–C) groups is 1. The van der Waals surface area contributed by atoms with E-state index in [1.165, 1.54) is 4.90 Å². The van der Waals surface area contributed by atoms with Crippen molar-refractivity contribution in [3.63, 3.8) is 0 Å². The van der Waals surface area contributed by atoms with Gasteiger partial charge in [-0.25, -0.2) is 4.99 Å². The van der Waals surface area contributed by atoms with Crippen LogP contribution in [0.5, 0.6) is 5.75 Å². The molecule has 18 heavy (non-hydrogen) atoms. The van der Waals surface area contributed by atoms with Gasteiger partial charge >= 0.3 is 0 Å². The van der Waals surface area contributed by atoms with E-state index in [4.69, 9.17) is 6.42 Å². The Morgan fingerprint density at radius 1 is 1.44 bits per heavy atom. The molecule has 1 heterocycles. The topological polar surface area (TPSA) is 52.9 Å². The molecule has 0 spiro atoms. The van der Waals surface area contributed by atoms with Crippen molar-refractivity contribution in [1.82, 2.24) is 4.90 Å². The first-order valence-corrected chi connectivity index (χ1v) is 5.43. The maximum absolute atomic E-state index is 12.0. The lowest BCUT2D eigenvalue weighted by Gasteiger charge is -2.10. The van der Waals surface area contributed by atoms with Gasteiger partial charge in [0.15, 0.2) is 0 Å². The summed E-state index contributed by atoms with van der Waals surface area (Å²) in [5, 5.41) is 9.18. The van der Waals surface area contributed by atoms with Crippen LogP contribution in [-0.4, -0.2) is 28.3 Å². The molecule has 1 N–H and O–H groups in total. The summed E-state index contributed by atoms with van der Waals surface area (Å²) < 4.78 is 0. The Hall–Kier alpha value is -2.54. The number of hydrogen-bond donors (Lipinski definition) is 1. The standard InChI is InChI=1S/C14H12N2O2/c1-3-8-16-10(2)15-13(14(16)18)9-11-4-6-12(17)7-5-11/h1,4-7,9,17H,8H2,2H3/b13-9-. The summed E-state index contributed by atoms with van der Waals surface area (Å²) in [6.07, 6.45) is 6.87. The molecular weight excluding hydrogens is 228 g/mol. The molecule has 0 fully saturated rings. The SMILES string of the molecule is C#CCN1C(=O)/C(=C/c2ccc(O)cc2)N=C1C. The lowest BCUT2D eigenvalue weighted by Crippen LogP contribution is -2.30. The molecular formula is C14H12N2O2. The lowest BCUT2D eigenvalue weighted by molar-refractivity contribution is -0.122. The minimum absolute atomic E-state index is 0.184. The van der Waals surface area contributed by atoms with Crippen LogP contribution in [0, 0.1) is 12.3 Å². The molecule has 2 rings (SSSR count). The fraction of sp³-hybridized carbons (Fsp3) is 0.143. The van der Waals surface area contributed by atoms with Gasteiger partial charge in [0.1, 0.15) is 17.3 Å². The molecule has 0 saturated carbocycles. The van der Waals surface area contributed by atoms with Crippen LogP contribution < -0.4 is 0 Å². The molecule has 4 heteroatoms. The smallest absolute Gasteiger partial charge is 0.278 e. The molecule has 0 saturated heterocycles. The van der Waals surface area contributed by atoms with E-state index in [0.717, 1.165) is 5.56 Å². The molecule has 90 valence electrons. The van der Waals surface area contributed by atoms with Crippen molar-refractivity contribution in [1.29, 1.82) is 0 Å². The zero-order chi connectivity index (χ0) is 13.1. The molecule has 0 aliphatic carbocycles. The molecule has 4 nitrogen and oxygen atoms in total. The fourth-order valence-corrected chi connectivity index (χ4v) is 1.67. The Morgan fingerprint density at radius 2 is 2.11 bits per heavy atom. The van der Waals surface area contributed by atoms with Gasteiger partial charge in [0.2, 0.25) is 0 Å². The molecule has 0 radical (unpaired) electrons. The van der Waals surface area contributed by atoms with Gasteiger partial charge in [-0.2, -0.15) is 0 Å². The molecule has 0 bridgehead atoms. The summed E-state index contributed by atoms with van der Waals surface area (Å²) in [7, 11) is 0. The van der Waals surface area contributed by atoms with Crippen LogP contribution in [0.1, 0.15) is 12.5 Å². The van der Waals surface area contributed by atoms with E-state index in [9.17, 15) is 9.90 Å². The first kappa shape index (κ1) is 11.9. The van der Waals surface area contributed by atoms with Gasteiger partial charge in [0.05, 0.1) is 6.54 Å². The molecule has 0 unspecified atom stereocenters. The van der Waals surface area contributed by atoms with Crippen LogP contribution in [0.2, 0.25) is 0 Å². The Labute approximate surface area is 105 Å². The monoisotopic (exact) mass is 240 g/mol. The molecule has 1 aliphatic rings. The number of carbonyl (C=O) groups excluding carboxylic acids is 1. The van der Waals surface area contributed by atoms with E-state index >= 15 is 0 Å². The van der Waals surface area contributed by atoms with Gasteiger partial charge < -0.3 is 5.11 Å². The minimum atomic E-state index is -0.196. The maximum Gasteiger partial charge on any atom is 0.278 e. The zero-order valence-corrected chi connectivity index (χ0v) is 9.92. The summed E-state index contributed by atoms with van der Waals surface area (Å²) in [5.41, 5.74) is 1.16. The van der Waals surface area contributed by atoms with Gasteiger partial charge in [0, 0.05) is 0 Å². The van der Waals surface area contributed by atoms with Gasteiger partial charge in [-0.05, 0) is 30.7 Å². The van der Waals surface area contributed by atoms with Gasteiger partial charge in [-0.15, -0.1) is 6.42 Å². The number of aromatic hydroxyl groups is 1. The van der Waals surface area contributed by atoms with Crippen molar-refractivity contribution in [2.75, 3.05) is 6.54 Å². The van der Waals surface area contributed by atoms with E-state index in [2.05, 4.69) is 10.9 Å². The third-order valence-electron chi connectivity index (χ3n) is 2.58. The van der Waals surface area contributed by atoms with Crippen LogP contribution in [0.15, 0.2) is 35.0 Å². The van der Waals surface area contributed by atoms with Crippen LogP contribution in [0.25, 0.3) is 6.08 Å². The maximum atomic E-state index is 12.0. The summed E-state index contributed by atoms with van der Waals surface area (Å²) in [4.78, 5) is 17.6. The number of carbonyl (C=O) groups is 1. The van der Waals surface area contributed by atoms with Crippen LogP contribution in [0.4, 0.5) is 0 Å². The van der Waals surface area contributed by atoms with E-state index in [1.807, 2.05) is 0 Å². The summed E-state index contributed by atoms with van der Waals surface area (Å²) >= 11 is 0. The second-order valence-electron chi connectivity index (χ2n) is 3.88. The van der Waals surface area contributed by atoms with Crippen molar-refractivity contribution in [2.45, 2.75) is 6.92 Å². The number of hydrogen-bond acceptors (Lipinski definition) is 3. The number of amides is 1. The predicted molar refractivity (Wildman–Crippen MR) is 69.7 cm³/mol. The number of amidine groups is 1. The van der Waals surface area contributed by atoms with E-state index in [1.54, 1.807) is 37.3 Å². The Kier molecular flexibility index (Phi) is 3.16. The van der Waals surface area contributed by atoms with Crippen LogP contribution in [-0.2, 0) is 4.79 Å². The highest BCUT2D eigenvalue weighted by Gasteiger charge is 2.26. The Bertz CT molecular complexity index is 577. The van der Waals surface area contributed by atoms with Crippen molar-refractivity contribution in [3.05, 3.63) is 35.5 Å². The first-order chi connectivity index (χ1) is 8.61. The highest BCUT2D eigenvalue weighted by Crippen LogP contribution is 2.19. The fourth-order valence-electron chi connectivity index (χ4n) is 1.67. The molecule has 0 aromatic heterocycles. The van der Waals surface area contributed by atoms with E-state index in [0.29, 0.717) is 11.5 Å². The second kappa shape index (κ2) is 4.76. The second-order valence-corrected chi connectivity index (χ2v) is 3.88. The molecule has 1 amide bonds. The molecule has 0 atom stereocenters. The molecule has 1 aromatic rings. The third-order valence-corrected chi connectivity index (χ3v) is 2.58. The van der Waals surface area contributed by atoms with Crippen molar-refractivity contribution >= 4 is 17.8 Å². The van der Waals surface area contributed by atoms with Gasteiger partial charge in [-0.3, -0.25) is 9.69 Å². The average molecular weight is 240 g/mol. The van der Waals surface area contributed by atoms with E-state index < -0.39 is 0 Å². The molecule has 1 aliphatic heterocycles. The normalized spacial score (nSPS) is 16.9.